The second-order valence-electron chi connectivity index (χ2n) is 8.51. The standard InChI is InChI=1S/C27H30ClN3O2/c1-19-27(28)20(2)31(29-19)18-23-17-21(8-14-26(23)33-3)7-13-25(32)22-9-11-24(12-10-22)30-15-5-4-6-16-30/h7-14,17H,4-6,15-16,18H2,1-3H3/b13-7+. The van der Waals surface area contributed by atoms with Gasteiger partial charge < -0.3 is 9.64 Å². The van der Waals surface area contributed by atoms with Gasteiger partial charge in [0.1, 0.15) is 5.75 Å². The third-order valence-electron chi connectivity index (χ3n) is 6.22. The second kappa shape index (κ2) is 10.3. The monoisotopic (exact) mass is 463 g/mol. The lowest BCUT2D eigenvalue weighted by atomic mass is 10.1. The van der Waals surface area contributed by atoms with Crippen molar-refractivity contribution >= 4 is 29.1 Å². The van der Waals surface area contributed by atoms with E-state index in [0.717, 1.165) is 41.4 Å². The summed E-state index contributed by atoms with van der Waals surface area (Å²) in [5, 5.41) is 5.20. The molecular formula is C27H30ClN3O2. The number of carbonyl (C=O) groups is 1. The molecule has 0 saturated carbocycles. The maximum absolute atomic E-state index is 12.7. The van der Waals surface area contributed by atoms with Gasteiger partial charge in [-0.15, -0.1) is 0 Å². The molecule has 1 aliphatic rings. The summed E-state index contributed by atoms with van der Waals surface area (Å²) in [6.45, 7) is 6.57. The normalized spacial score (nSPS) is 14.1. The third-order valence-corrected chi connectivity index (χ3v) is 6.76. The highest BCUT2D eigenvalue weighted by molar-refractivity contribution is 6.31. The zero-order valence-electron chi connectivity index (χ0n) is 19.5. The van der Waals surface area contributed by atoms with E-state index in [2.05, 4.69) is 22.1 Å². The van der Waals surface area contributed by atoms with Crippen molar-refractivity contribution in [2.75, 3.05) is 25.1 Å². The Morgan fingerprint density at radius 1 is 1.09 bits per heavy atom. The highest BCUT2D eigenvalue weighted by atomic mass is 35.5. The Kier molecular flexibility index (Phi) is 7.19. The lowest BCUT2D eigenvalue weighted by molar-refractivity contribution is 0.104. The van der Waals surface area contributed by atoms with E-state index < -0.39 is 0 Å². The van der Waals surface area contributed by atoms with Crippen LogP contribution in [-0.2, 0) is 6.54 Å². The van der Waals surface area contributed by atoms with E-state index in [4.69, 9.17) is 16.3 Å². The van der Waals surface area contributed by atoms with Gasteiger partial charge in [0.05, 0.1) is 30.1 Å². The summed E-state index contributed by atoms with van der Waals surface area (Å²) in [5.74, 6) is 0.762. The predicted octanol–water partition coefficient (Wildman–Crippen LogP) is 6.10. The van der Waals surface area contributed by atoms with E-state index in [-0.39, 0.29) is 5.78 Å². The fourth-order valence-corrected chi connectivity index (χ4v) is 4.41. The topological polar surface area (TPSA) is 47.4 Å². The molecule has 172 valence electrons. The summed E-state index contributed by atoms with van der Waals surface area (Å²) >= 11 is 6.30. The molecule has 2 aromatic carbocycles. The number of piperidine rings is 1. The van der Waals surface area contributed by atoms with Gasteiger partial charge >= 0.3 is 0 Å². The van der Waals surface area contributed by atoms with Gasteiger partial charge in [-0.25, -0.2) is 0 Å². The number of hydrogen-bond donors (Lipinski definition) is 0. The molecule has 1 fully saturated rings. The summed E-state index contributed by atoms with van der Waals surface area (Å²) in [4.78, 5) is 15.1. The van der Waals surface area contributed by atoms with Crippen LogP contribution < -0.4 is 9.64 Å². The van der Waals surface area contributed by atoms with Crippen LogP contribution >= 0.6 is 11.6 Å². The van der Waals surface area contributed by atoms with Crippen molar-refractivity contribution in [3.8, 4) is 5.75 Å². The van der Waals surface area contributed by atoms with E-state index in [1.165, 1.54) is 24.9 Å². The number of carbonyl (C=O) groups excluding carboxylic acids is 1. The van der Waals surface area contributed by atoms with Crippen LogP contribution in [0.15, 0.2) is 48.5 Å². The molecule has 0 amide bonds. The summed E-state index contributed by atoms with van der Waals surface area (Å²) in [7, 11) is 1.65. The molecule has 3 aromatic rings. The molecule has 0 N–H and O–H groups in total. The van der Waals surface area contributed by atoms with E-state index in [0.29, 0.717) is 17.1 Å². The van der Waals surface area contributed by atoms with Crippen LogP contribution in [0.4, 0.5) is 5.69 Å². The van der Waals surface area contributed by atoms with Crippen molar-refractivity contribution in [1.82, 2.24) is 9.78 Å². The number of methoxy groups -OCH3 is 1. The Bertz CT molecular complexity index is 1160. The Morgan fingerprint density at radius 2 is 1.82 bits per heavy atom. The number of allylic oxidation sites excluding steroid dienone is 1. The zero-order valence-corrected chi connectivity index (χ0v) is 20.2. The predicted molar refractivity (Wildman–Crippen MR) is 135 cm³/mol. The third kappa shape index (κ3) is 5.31. The molecular weight excluding hydrogens is 434 g/mol. The number of ether oxygens (including phenoxy) is 1. The number of halogens is 1. The lowest BCUT2D eigenvalue weighted by Crippen LogP contribution is -2.29. The molecule has 33 heavy (non-hydrogen) atoms. The first-order valence-corrected chi connectivity index (χ1v) is 11.8. The fourth-order valence-electron chi connectivity index (χ4n) is 4.27. The number of aromatic nitrogens is 2. The summed E-state index contributed by atoms with van der Waals surface area (Å²) < 4.78 is 7.41. The largest absolute Gasteiger partial charge is 0.496 e. The lowest BCUT2D eigenvalue weighted by Gasteiger charge is -2.28. The SMILES string of the molecule is COc1ccc(/C=C/C(=O)c2ccc(N3CCCCC3)cc2)cc1Cn1nc(C)c(Cl)c1C. The fraction of sp³-hybridized carbons (Fsp3) is 0.333. The molecule has 0 spiro atoms. The maximum Gasteiger partial charge on any atom is 0.185 e. The quantitative estimate of drug-likeness (QED) is 0.314. The maximum atomic E-state index is 12.7. The molecule has 0 bridgehead atoms. The van der Waals surface area contributed by atoms with Crippen molar-refractivity contribution in [3.05, 3.63) is 81.6 Å². The Balaban J connectivity index is 1.48. The minimum Gasteiger partial charge on any atom is -0.496 e. The number of hydrogen-bond acceptors (Lipinski definition) is 4. The molecule has 1 saturated heterocycles. The second-order valence-corrected chi connectivity index (χ2v) is 8.88. The van der Waals surface area contributed by atoms with Gasteiger partial charge in [-0.05, 0) is 81.1 Å². The number of ketones is 1. The number of rotatable bonds is 7. The average molecular weight is 464 g/mol. The molecule has 2 heterocycles. The van der Waals surface area contributed by atoms with Crippen LogP contribution in [0.2, 0.25) is 5.02 Å². The van der Waals surface area contributed by atoms with Gasteiger partial charge in [-0.2, -0.15) is 5.10 Å². The smallest absolute Gasteiger partial charge is 0.185 e. The van der Waals surface area contributed by atoms with E-state index in [9.17, 15) is 4.79 Å². The van der Waals surface area contributed by atoms with Crippen LogP contribution in [0.25, 0.3) is 6.08 Å². The average Bonchev–Trinajstić information content (AvgIpc) is 3.09. The number of aryl methyl sites for hydroxylation is 1. The van der Waals surface area contributed by atoms with Gasteiger partial charge in [0.25, 0.3) is 0 Å². The van der Waals surface area contributed by atoms with Crippen molar-refractivity contribution in [2.24, 2.45) is 0 Å². The highest BCUT2D eigenvalue weighted by Crippen LogP contribution is 2.25. The molecule has 1 aliphatic heterocycles. The Morgan fingerprint density at radius 3 is 2.45 bits per heavy atom. The van der Waals surface area contributed by atoms with Gasteiger partial charge in [-0.1, -0.05) is 23.7 Å². The zero-order chi connectivity index (χ0) is 23.4. The minimum atomic E-state index is -0.0112. The first-order valence-electron chi connectivity index (χ1n) is 11.4. The molecule has 0 atom stereocenters. The van der Waals surface area contributed by atoms with E-state index >= 15 is 0 Å². The summed E-state index contributed by atoms with van der Waals surface area (Å²) in [5.41, 5.74) is 5.51. The Hall–Kier alpha value is -3.05. The minimum absolute atomic E-state index is 0.0112. The molecule has 0 aliphatic carbocycles. The summed E-state index contributed by atoms with van der Waals surface area (Å²) in [6.07, 6.45) is 7.25. The van der Waals surface area contributed by atoms with Gasteiger partial charge in [0, 0.05) is 29.9 Å². The van der Waals surface area contributed by atoms with E-state index in [1.807, 2.05) is 54.9 Å². The van der Waals surface area contributed by atoms with Crippen molar-refractivity contribution in [3.63, 3.8) is 0 Å². The molecule has 6 heteroatoms. The molecule has 5 nitrogen and oxygen atoms in total. The van der Waals surface area contributed by atoms with Crippen molar-refractivity contribution < 1.29 is 9.53 Å². The first-order chi connectivity index (χ1) is 16.0. The highest BCUT2D eigenvalue weighted by Gasteiger charge is 2.13. The first kappa shape index (κ1) is 23.1. The van der Waals surface area contributed by atoms with Crippen LogP contribution in [0.3, 0.4) is 0 Å². The van der Waals surface area contributed by atoms with E-state index in [1.54, 1.807) is 13.2 Å². The van der Waals surface area contributed by atoms with Crippen molar-refractivity contribution in [2.45, 2.75) is 39.7 Å². The van der Waals surface area contributed by atoms with Gasteiger partial charge in [-0.3, -0.25) is 9.48 Å². The molecule has 0 unspecified atom stereocenters. The van der Waals surface area contributed by atoms with Crippen LogP contribution in [0.1, 0.15) is 52.1 Å². The van der Waals surface area contributed by atoms with Crippen LogP contribution in [0, 0.1) is 13.8 Å². The molecule has 0 radical (unpaired) electrons. The number of benzene rings is 2. The summed E-state index contributed by atoms with van der Waals surface area (Å²) in [6, 6.07) is 13.8. The van der Waals surface area contributed by atoms with Crippen LogP contribution in [-0.4, -0.2) is 35.8 Å². The molecule has 4 rings (SSSR count). The Labute approximate surface area is 200 Å². The number of nitrogens with zero attached hydrogens (tertiary/aromatic N) is 3. The van der Waals surface area contributed by atoms with Gasteiger partial charge in [0.15, 0.2) is 5.78 Å². The van der Waals surface area contributed by atoms with Gasteiger partial charge in [0.2, 0.25) is 0 Å². The molecule has 1 aromatic heterocycles. The number of anilines is 1. The van der Waals surface area contributed by atoms with Crippen LogP contribution in [0.5, 0.6) is 5.75 Å². The van der Waals surface area contributed by atoms with Crippen molar-refractivity contribution in [1.29, 1.82) is 0 Å².